The Labute approximate surface area is 86.1 Å². The van der Waals surface area contributed by atoms with Crippen LogP contribution in [0.5, 0.6) is 5.75 Å². The molecule has 2 aromatic rings. The Morgan fingerprint density at radius 2 is 2.21 bits per heavy atom. The van der Waals surface area contributed by atoms with Crippen LogP contribution in [0.2, 0.25) is 5.02 Å². The second kappa shape index (κ2) is 3.52. The number of nitrogens with two attached hydrogens (primary N) is 1. The van der Waals surface area contributed by atoms with Crippen LogP contribution in [-0.2, 0) is 6.42 Å². The number of benzene rings is 1. The van der Waals surface area contributed by atoms with Gasteiger partial charge in [0.05, 0.1) is 5.39 Å². The fraction of sp³-hybridized carbons (Fsp3) is 0.200. The highest BCUT2D eigenvalue weighted by atomic mass is 35.5. The highest BCUT2D eigenvalue weighted by Gasteiger charge is 2.12. The summed E-state index contributed by atoms with van der Waals surface area (Å²) in [6.45, 7) is 0.446. The summed E-state index contributed by atoms with van der Waals surface area (Å²) in [5, 5.41) is 11.0. The lowest BCUT2D eigenvalue weighted by molar-refractivity contribution is 0.441. The summed E-state index contributed by atoms with van der Waals surface area (Å²) in [4.78, 5) is 0. The largest absolute Gasteiger partial charge is 0.504 e. The molecular weight excluding hydrogens is 202 g/mol. The first-order chi connectivity index (χ1) is 6.72. The highest BCUT2D eigenvalue weighted by Crippen LogP contribution is 2.33. The van der Waals surface area contributed by atoms with Crippen molar-refractivity contribution in [3.8, 4) is 5.75 Å². The van der Waals surface area contributed by atoms with Crippen molar-refractivity contribution in [3.05, 3.63) is 29.0 Å². The predicted molar refractivity (Wildman–Crippen MR) is 55.6 cm³/mol. The van der Waals surface area contributed by atoms with Crippen LogP contribution in [0.1, 0.15) is 5.76 Å². The SMILES string of the molecule is NCCc1oc2ccc(Cl)cc2c1O. The maximum atomic E-state index is 9.74. The average Bonchev–Trinajstić information content (AvgIpc) is 2.46. The molecule has 0 aliphatic rings. The lowest BCUT2D eigenvalue weighted by atomic mass is 10.2. The van der Waals surface area contributed by atoms with Crippen LogP contribution in [0.15, 0.2) is 22.6 Å². The zero-order chi connectivity index (χ0) is 10.1. The van der Waals surface area contributed by atoms with Gasteiger partial charge in [0.1, 0.15) is 11.3 Å². The number of rotatable bonds is 2. The van der Waals surface area contributed by atoms with Gasteiger partial charge < -0.3 is 15.3 Å². The summed E-state index contributed by atoms with van der Waals surface area (Å²) in [6.07, 6.45) is 0.526. The lowest BCUT2D eigenvalue weighted by Gasteiger charge is -1.91. The minimum absolute atomic E-state index is 0.146. The van der Waals surface area contributed by atoms with E-state index in [1.165, 1.54) is 0 Å². The second-order valence-corrected chi connectivity index (χ2v) is 3.49. The minimum Gasteiger partial charge on any atom is -0.504 e. The standard InChI is InChI=1S/C10H10ClNO2/c11-6-1-2-8-7(5-6)10(13)9(14-8)3-4-12/h1-2,5,13H,3-4,12H2. The van der Waals surface area contributed by atoms with Crippen molar-refractivity contribution in [2.24, 2.45) is 5.73 Å². The van der Waals surface area contributed by atoms with E-state index >= 15 is 0 Å². The van der Waals surface area contributed by atoms with Crippen molar-refractivity contribution in [2.75, 3.05) is 6.54 Å². The van der Waals surface area contributed by atoms with E-state index in [1.807, 2.05) is 0 Å². The van der Waals surface area contributed by atoms with Crippen LogP contribution in [0, 0.1) is 0 Å². The molecule has 0 radical (unpaired) electrons. The van der Waals surface area contributed by atoms with Gasteiger partial charge in [0.2, 0.25) is 0 Å². The maximum absolute atomic E-state index is 9.74. The first-order valence-electron chi connectivity index (χ1n) is 4.32. The predicted octanol–water partition coefficient (Wildman–Crippen LogP) is 2.29. The van der Waals surface area contributed by atoms with Crippen molar-refractivity contribution in [2.45, 2.75) is 6.42 Å². The number of hydrogen-bond donors (Lipinski definition) is 2. The Hall–Kier alpha value is -1.19. The molecule has 14 heavy (non-hydrogen) atoms. The Balaban J connectivity index is 2.62. The van der Waals surface area contributed by atoms with E-state index in [2.05, 4.69) is 0 Å². The van der Waals surface area contributed by atoms with Gasteiger partial charge >= 0.3 is 0 Å². The molecule has 74 valence electrons. The Kier molecular flexibility index (Phi) is 2.35. The van der Waals surface area contributed by atoms with Crippen LogP contribution in [0.4, 0.5) is 0 Å². The maximum Gasteiger partial charge on any atom is 0.165 e. The molecule has 4 heteroatoms. The van der Waals surface area contributed by atoms with Crippen molar-refractivity contribution >= 4 is 22.6 Å². The van der Waals surface area contributed by atoms with E-state index in [0.29, 0.717) is 34.7 Å². The molecule has 0 bridgehead atoms. The Morgan fingerprint density at radius 3 is 2.93 bits per heavy atom. The minimum atomic E-state index is 0.146. The summed E-state index contributed by atoms with van der Waals surface area (Å²) < 4.78 is 5.41. The molecule has 1 aromatic carbocycles. The molecule has 0 fully saturated rings. The van der Waals surface area contributed by atoms with Gasteiger partial charge in [-0.1, -0.05) is 11.6 Å². The summed E-state index contributed by atoms with van der Waals surface area (Å²) in [6, 6.07) is 5.13. The molecular formula is C10H10ClNO2. The van der Waals surface area contributed by atoms with E-state index in [0.717, 1.165) is 0 Å². The Morgan fingerprint density at radius 1 is 1.43 bits per heavy atom. The van der Waals surface area contributed by atoms with E-state index in [-0.39, 0.29) is 5.75 Å². The summed E-state index contributed by atoms with van der Waals surface area (Å²) in [7, 11) is 0. The Bertz CT molecular complexity index is 464. The number of hydrogen-bond acceptors (Lipinski definition) is 3. The number of furan rings is 1. The van der Waals surface area contributed by atoms with Crippen molar-refractivity contribution < 1.29 is 9.52 Å². The average molecular weight is 212 g/mol. The summed E-state index contributed by atoms with van der Waals surface area (Å²) >= 11 is 5.80. The molecule has 0 aliphatic carbocycles. The van der Waals surface area contributed by atoms with Gasteiger partial charge in [-0.2, -0.15) is 0 Å². The van der Waals surface area contributed by atoms with E-state index in [4.69, 9.17) is 21.8 Å². The van der Waals surface area contributed by atoms with Gasteiger partial charge in [0.25, 0.3) is 0 Å². The molecule has 0 aliphatic heterocycles. The molecule has 0 amide bonds. The molecule has 3 N–H and O–H groups in total. The number of halogens is 1. The van der Waals surface area contributed by atoms with Crippen LogP contribution in [0.3, 0.4) is 0 Å². The van der Waals surface area contributed by atoms with Crippen molar-refractivity contribution in [3.63, 3.8) is 0 Å². The second-order valence-electron chi connectivity index (χ2n) is 3.05. The van der Waals surface area contributed by atoms with Gasteiger partial charge in [0, 0.05) is 11.4 Å². The topological polar surface area (TPSA) is 59.4 Å². The molecule has 0 saturated carbocycles. The molecule has 3 nitrogen and oxygen atoms in total. The van der Waals surface area contributed by atoms with Crippen LogP contribution in [-0.4, -0.2) is 11.7 Å². The van der Waals surface area contributed by atoms with Crippen LogP contribution < -0.4 is 5.73 Å². The first kappa shape index (κ1) is 9.37. The first-order valence-corrected chi connectivity index (χ1v) is 4.70. The normalized spacial score (nSPS) is 11.0. The number of aromatic hydroxyl groups is 1. The molecule has 2 rings (SSSR count). The third kappa shape index (κ3) is 1.45. The van der Waals surface area contributed by atoms with Crippen molar-refractivity contribution in [1.82, 2.24) is 0 Å². The fourth-order valence-electron chi connectivity index (χ4n) is 1.41. The zero-order valence-corrected chi connectivity index (χ0v) is 8.21. The zero-order valence-electron chi connectivity index (χ0n) is 7.46. The van der Waals surface area contributed by atoms with Crippen LogP contribution >= 0.6 is 11.6 Å². The molecule has 0 unspecified atom stereocenters. The van der Waals surface area contributed by atoms with E-state index in [9.17, 15) is 5.11 Å². The summed E-state index contributed by atoms with van der Waals surface area (Å²) in [5.41, 5.74) is 6.02. The quantitative estimate of drug-likeness (QED) is 0.801. The molecule has 0 spiro atoms. The van der Waals surface area contributed by atoms with Crippen molar-refractivity contribution in [1.29, 1.82) is 0 Å². The monoisotopic (exact) mass is 211 g/mol. The smallest absolute Gasteiger partial charge is 0.165 e. The summed E-state index contributed by atoms with van der Waals surface area (Å²) in [5.74, 6) is 0.665. The van der Waals surface area contributed by atoms with E-state index in [1.54, 1.807) is 18.2 Å². The molecule has 0 atom stereocenters. The van der Waals surface area contributed by atoms with Gasteiger partial charge in [-0.3, -0.25) is 0 Å². The van der Waals surface area contributed by atoms with Gasteiger partial charge in [-0.05, 0) is 24.7 Å². The van der Waals surface area contributed by atoms with Gasteiger partial charge in [-0.25, -0.2) is 0 Å². The third-order valence-corrected chi connectivity index (χ3v) is 2.30. The number of fused-ring (bicyclic) bond motifs is 1. The van der Waals surface area contributed by atoms with Gasteiger partial charge in [-0.15, -0.1) is 0 Å². The van der Waals surface area contributed by atoms with E-state index < -0.39 is 0 Å². The fourth-order valence-corrected chi connectivity index (χ4v) is 1.58. The van der Waals surface area contributed by atoms with Gasteiger partial charge in [0.15, 0.2) is 5.75 Å². The lowest BCUT2D eigenvalue weighted by Crippen LogP contribution is -2.01. The third-order valence-electron chi connectivity index (χ3n) is 2.07. The molecule has 1 aromatic heterocycles. The van der Waals surface area contributed by atoms with Crippen LogP contribution in [0.25, 0.3) is 11.0 Å². The highest BCUT2D eigenvalue weighted by molar-refractivity contribution is 6.31. The molecule has 0 saturated heterocycles. The molecule has 1 heterocycles.